The molecule has 0 bridgehead atoms. The predicted molar refractivity (Wildman–Crippen MR) is 85.9 cm³/mol. The highest BCUT2D eigenvalue weighted by Gasteiger charge is 2.24. The average Bonchev–Trinajstić information content (AvgIpc) is 2.74. The van der Waals surface area contributed by atoms with Crippen LogP contribution >= 0.6 is 11.3 Å². The molecule has 1 aromatic heterocycles. The lowest BCUT2D eigenvalue weighted by molar-refractivity contribution is -0.119. The van der Waals surface area contributed by atoms with Crippen LogP contribution in [0.2, 0.25) is 0 Å². The summed E-state index contributed by atoms with van der Waals surface area (Å²) < 4.78 is 5.11. The number of amides is 1. The first-order valence-corrected chi connectivity index (χ1v) is 8.08. The molecule has 0 aliphatic rings. The third-order valence-corrected chi connectivity index (χ3v) is 4.39. The number of esters is 1. The number of aryl methyl sites for hydroxylation is 1. The lowest BCUT2D eigenvalue weighted by atomic mass is 10.1. The highest BCUT2D eigenvalue weighted by Crippen LogP contribution is 2.34. The third kappa shape index (κ3) is 4.28. The Labute approximate surface area is 129 Å². The van der Waals surface area contributed by atoms with Crippen LogP contribution in [0, 0.1) is 12.8 Å². The smallest absolute Gasteiger partial charge is 0.341 e. The number of ether oxygens (including phenoxy) is 1. The Morgan fingerprint density at radius 3 is 2.57 bits per heavy atom. The van der Waals surface area contributed by atoms with Gasteiger partial charge in [-0.3, -0.25) is 4.79 Å². The molecule has 3 N–H and O–H groups in total. The van der Waals surface area contributed by atoms with Gasteiger partial charge in [0, 0.05) is 10.8 Å². The third-order valence-electron chi connectivity index (χ3n) is 3.33. The van der Waals surface area contributed by atoms with Gasteiger partial charge in [0.15, 0.2) is 0 Å². The van der Waals surface area contributed by atoms with Gasteiger partial charge in [0.1, 0.15) is 5.00 Å². The van der Waals surface area contributed by atoms with Crippen molar-refractivity contribution in [2.24, 2.45) is 11.7 Å². The molecule has 1 aromatic rings. The van der Waals surface area contributed by atoms with Crippen molar-refractivity contribution in [3.63, 3.8) is 0 Å². The van der Waals surface area contributed by atoms with Crippen LogP contribution in [0.25, 0.3) is 0 Å². The molecule has 0 aromatic carbocycles. The molecule has 0 saturated carbocycles. The summed E-state index contributed by atoms with van der Waals surface area (Å²) in [5, 5.41) is 3.43. The first-order valence-electron chi connectivity index (χ1n) is 7.26. The number of anilines is 1. The van der Waals surface area contributed by atoms with E-state index >= 15 is 0 Å². The van der Waals surface area contributed by atoms with Gasteiger partial charge in [-0.25, -0.2) is 4.79 Å². The molecule has 1 amide bonds. The van der Waals surface area contributed by atoms with Crippen molar-refractivity contribution in [2.75, 3.05) is 18.5 Å². The number of carbonyl (C=O) groups is 2. The maximum atomic E-state index is 12.1. The summed E-state index contributed by atoms with van der Waals surface area (Å²) in [6.07, 6.45) is 1.34. The van der Waals surface area contributed by atoms with Crippen LogP contribution in [0.5, 0.6) is 0 Å². The summed E-state index contributed by atoms with van der Waals surface area (Å²) in [5.41, 5.74) is 6.92. The molecule has 0 aliphatic carbocycles. The van der Waals surface area contributed by atoms with Crippen LogP contribution in [0.15, 0.2) is 0 Å². The van der Waals surface area contributed by atoms with Gasteiger partial charge in [-0.2, -0.15) is 0 Å². The standard InChI is InChI=1S/C15H24N2O3S/c1-5-11-10(4)21-14(12(11)15(19)20-6-2)17-13(18)9(3)7-8-16/h9H,5-8,16H2,1-4H3,(H,17,18). The molecule has 1 rings (SSSR count). The maximum Gasteiger partial charge on any atom is 0.341 e. The van der Waals surface area contributed by atoms with Crippen molar-refractivity contribution in [1.82, 2.24) is 0 Å². The van der Waals surface area contributed by atoms with Crippen molar-refractivity contribution < 1.29 is 14.3 Å². The molecule has 0 spiro atoms. The Kier molecular flexibility index (Phi) is 6.84. The Morgan fingerprint density at radius 1 is 1.38 bits per heavy atom. The molecule has 1 heterocycles. The number of nitrogens with one attached hydrogen (secondary N) is 1. The molecule has 0 radical (unpaired) electrons. The van der Waals surface area contributed by atoms with Gasteiger partial charge in [-0.15, -0.1) is 11.3 Å². The molecule has 6 heteroatoms. The summed E-state index contributed by atoms with van der Waals surface area (Å²) in [4.78, 5) is 25.3. The molecular weight excluding hydrogens is 288 g/mol. The van der Waals surface area contributed by atoms with E-state index in [-0.39, 0.29) is 17.8 Å². The highest BCUT2D eigenvalue weighted by atomic mass is 32.1. The average molecular weight is 312 g/mol. The Balaban J connectivity index is 3.06. The van der Waals surface area contributed by atoms with E-state index in [4.69, 9.17) is 10.5 Å². The Bertz CT molecular complexity index is 511. The molecule has 1 atom stereocenters. The number of carbonyl (C=O) groups excluding carboxylic acids is 2. The van der Waals surface area contributed by atoms with Crippen LogP contribution in [0.4, 0.5) is 5.00 Å². The zero-order valence-corrected chi connectivity index (χ0v) is 13.9. The van der Waals surface area contributed by atoms with E-state index < -0.39 is 0 Å². The first kappa shape index (κ1) is 17.7. The normalized spacial score (nSPS) is 12.0. The van der Waals surface area contributed by atoms with E-state index in [2.05, 4.69) is 5.32 Å². The van der Waals surface area contributed by atoms with Crippen LogP contribution in [-0.2, 0) is 16.0 Å². The summed E-state index contributed by atoms with van der Waals surface area (Å²) in [6, 6.07) is 0. The number of thiophene rings is 1. The van der Waals surface area contributed by atoms with E-state index in [1.807, 2.05) is 20.8 Å². The van der Waals surface area contributed by atoms with Crippen molar-refractivity contribution in [3.8, 4) is 0 Å². The summed E-state index contributed by atoms with van der Waals surface area (Å²) >= 11 is 1.42. The van der Waals surface area contributed by atoms with Crippen molar-refractivity contribution in [3.05, 3.63) is 16.0 Å². The first-order chi connectivity index (χ1) is 9.96. The van der Waals surface area contributed by atoms with Gasteiger partial charge >= 0.3 is 5.97 Å². The molecule has 5 nitrogen and oxygen atoms in total. The van der Waals surface area contributed by atoms with E-state index in [1.165, 1.54) is 11.3 Å². The van der Waals surface area contributed by atoms with Crippen LogP contribution in [0.3, 0.4) is 0 Å². The van der Waals surface area contributed by atoms with E-state index in [1.54, 1.807) is 6.92 Å². The van der Waals surface area contributed by atoms with Gasteiger partial charge in [-0.05, 0) is 38.8 Å². The molecule has 21 heavy (non-hydrogen) atoms. The molecular formula is C15H24N2O3S. The van der Waals surface area contributed by atoms with Gasteiger partial charge in [0.2, 0.25) is 5.91 Å². The fourth-order valence-corrected chi connectivity index (χ4v) is 3.26. The van der Waals surface area contributed by atoms with Crippen molar-refractivity contribution in [1.29, 1.82) is 0 Å². The second kappa shape index (κ2) is 8.14. The second-order valence-corrected chi connectivity index (χ2v) is 6.11. The monoisotopic (exact) mass is 312 g/mol. The maximum absolute atomic E-state index is 12.1. The topological polar surface area (TPSA) is 81.4 Å². The molecule has 1 unspecified atom stereocenters. The van der Waals surface area contributed by atoms with Gasteiger partial charge in [0.25, 0.3) is 0 Å². The highest BCUT2D eigenvalue weighted by molar-refractivity contribution is 7.16. The van der Waals surface area contributed by atoms with Crippen LogP contribution in [-0.4, -0.2) is 25.0 Å². The number of nitrogens with two attached hydrogens (primary N) is 1. The fraction of sp³-hybridized carbons (Fsp3) is 0.600. The SMILES string of the molecule is CCOC(=O)c1c(NC(=O)C(C)CCN)sc(C)c1CC. The second-order valence-electron chi connectivity index (χ2n) is 4.88. The number of hydrogen-bond donors (Lipinski definition) is 2. The van der Waals surface area contributed by atoms with E-state index in [0.29, 0.717) is 30.1 Å². The lowest BCUT2D eigenvalue weighted by Gasteiger charge is -2.11. The number of rotatable bonds is 7. The quantitative estimate of drug-likeness (QED) is 0.759. The largest absolute Gasteiger partial charge is 0.462 e. The fourth-order valence-electron chi connectivity index (χ4n) is 2.13. The Morgan fingerprint density at radius 2 is 2.05 bits per heavy atom. The van der Waals surface area contributed by atoms with E-state index in [9.17, 15) is 9.59 Å². The summed E-state index contributed by atoms with van der Waals surface area (Å²) in [6.45, 7) is 8.31. The molecule has 118 valence electrons. The van der Waals surface area contributed by atoms with E-state index in [0.717, 1.165) is 16.9 Å². The zero-order valence-electron chi connectivity index (χ0n) is 13.1. The molecule has 0 fully saturated rings. The van der Waals surface area contributed by atoms with Gasteiger partial charge in [-0.1, -0.05) is 13.8 Å². The number of hydrogen-bond acceptors (Lipinski definition) is 5. The van der Waals surface area contributed by atoms with Crippen molar-refractivity contribution >= 4 is 28.2 Å². The molecule has 0 saturated heterocycles. The Hall–Kier alpha value is -1.40. The minimum atomic E-state index is -0.375. The van der Waals surface area contributed by atoms with Crippen LogP contribution in [0.1, 0.15) is 48.0 Å². The van der Waals surface area contributed by atoms with Gasteiger partial charge in [0.05, 0.1) is 12.2 Å². The minimum absolute atomic E-state index is 0.116. The molecule has 0 aliphatic heterocycles. The summed E-state index contributed by atoms with van der Waals surface area (Å²) in [5.74, 6) is -0.673. The van der Waals surface area contributed by atoms with Crippen LogP contribution < -0.4 is 11.1 Å². The predicted octanol–water partition coefficient (Wildman–Crippen LogP) is 2.72. The van der Waals surface area contributed by atoms with Gasteiger partial charge < -0.3 is 15.8 Å². The zero-order chi connectivity index (χ0) is 16.0. The van der Waals surface area contributed by atoms with Crippen molar-refractivity contribution in [2.45, 2.75) is 40.5 Å². The lowest BCUT2D eigenvalue weighted by Crippen LogP contribution is -2.23. The minimum Gasteiger partial charge on any atom is -0.462 e. The summed E-state index contributed by atoms with van der Waals surface area (Å²) in [7, 11) is 0.